The van der Waals surface area contributed by atoms with Crippen molar-refractivity contribution in [1.29, 1.82) is 0 Å². The van der Waals surface area contributed by atoms with E-state index in [1.54, 1.807) is 12.1 Å². The van der Waals surface area contributed by atoms with Crippen LogP contribution < -0.4 is 10.1 Å². The van der Waals surface area contributed by atoms with Gasteiger partial charge in [0.25, 0.3) is 5.91 Å². The summed E-state index contributed by atoms with van der Waals surface area (Å²) in [6.07, 6.45) is 2.93. The van der Waals surface area contributed by atoms with E-state index in [9.17, 15) is 4.79 Å². The second-order valence-corrected chi connectivity index (χ2v) is 7.27. The number of nitrogens with one attached hydrogen (secondary N) is 1. The topological polar surface area (TPSA) is 56.2 Å². The van der Waals surface area contributed by atoms with Crippen molar-refractivity contribution in [3.05, 3.63) is 102 Å². The first-order valence-electron chi connectivity index (χ1n) is 10.1. The van der Waals surface area contributed by atoms with Crippen LogP contribution in [0.5, 0.6) is 11.5 Å². The lowest BCUT2D eigenvalue weighted by Crippen LogP contribution is -2.16. The molecule has 0 atom stereocenters. The molecule has 1 amide bonds. The number of carbonyl (C=O) groups excluding carboxylic acids is 1. The predicted molar refractivity (Wildman–Crippen MR) is 117 cm³/mol. The highest BCUT2D eigenvalue weighted by Crippen LogP contribution is 2.31. The second-order valence-electron chi connectivity index (χ2n) is 7.27. The molecule has 1 aliphatic rings. The zero-order valence-corrected chi connectivity index (χ0v) is 16.4. The maximum Gasteiger partial charge on any atom is 0.256 e. The minimum absolute atomic E-state index is 0.180. The molecule has 0 saturated carbocycles. The molecule has 30 heavy (non-hydrogen) atoms. The van der Waals surface area contributed by atoms with Gasteiger partial charge in [-0.05, 0) is 61.7 Å². The number of rotatable bonds is 5. The van der Waals surface area contributed by atoms with E-state index >= 15 is 0 Å². The fraction of sp³-hybridized carbons (Fsp3) is 0.120. The monoisotopic (exact) mass is 395 g/mol. The van der Waals surface area contributed by atoms with Gasteiger partial charge in [0.2, 0.25) is 0 Å². The SMILES string of the molecule is O=C(Nc1c2c(nn1-c1ccccc1)CCC2)c1cccc(Oc2ccccc2)c1. The van der Waals surface area contributed by atoms with Crippen LogP contribution in [0.2, 0.25) is 0 Å². The number of carbonyl (C=O) groups is 1. The van der Waals surface area contributed by atoms with E-state index in [-0.39, 0.29) is 5.91 Å². The zero-order chi connectivity index (χ0) is 20.3. The summed E-state index contributed by atoms with van der Waals surface area (Å²) in [4.78, 5) is 13.1. The smallest absolute Gasteiger partial charge is 0.256 e. The normalized spacial score (nSPS) is 12.4. The standard InChI is InChI=1S/C25H21N3O2/c29-25(18-9-7-14-21(17-18)30-20-12-5-2-6-13-20)26-24-22-15-8-16-23(22)27-28(24)19-10-3-1-4-11-19/h1-7,9-14,17H,8,15-16H2,(H,26,29). The predicted octanol–water partition coefficient (Wildman–Crippen LogP) is 5.41. The molecule has 5 heteroatoms. The molecule has 0 saturated heterocycles. The van der Waals surface area contributed by atoms with E-state index in [1.165, 1.54) is 0 Å². The molecule has 148 valence electrons. The maximum absolute atomic E-state index is 13.1. The maximum atomic E-state index is 13.1. The largest absolute Gasteiger partial charge is 0.457 e. The van der Waals surface area contributed by atoms with Gasteiger partial charge >= 0.3 is 0 Å². The molecule has 1 heterocycles. The van der Waals surface area contributed by atoms with Gasteiger partial charge in [-0.2, -0.15) is 5.10 Å². The Labute approximate surface area is 174 Å². The summed E-state index contributed by atoms with van der Waals surface area (Å²) in [6.45, 7) is 0. The van der Waals surface area contributed by atoms with E-state index in [0.29, 0.717) is 11.3 Å². The molecule has 0 spiro atoms. The van der Waals surface area contributed by atoms with Gasteiger partial charge in [-0.1, -0.05) is 42.5 Å². The third-order valence-corrected chi connectivity index (χ3v) is 5.21. The van der Waals surface area contributed by atoms with E-state index in [4.69, 9.17) is 9.84 Å². The van der Waals surface area contributed by atoms with Gasteiger partial charge in [-0.25, -0.2) is 4.68 Å². The molecule has 3 aromatic carbocycles. The highest BCUT2D eigenvalue weighted by molar-refractivity contribution is 6.04. The molecule has 5 rings (SSSR count). The first-order valence-corrected chi connectivity index (χ1v) is 10.1. The third-order valence-electron chi connectivity index (χ3n) is 5.21. The van der Waals surface area contributed by atoms with Crippen molar-refractivity contribution in [2.75, 3.05) is 5.32 Å². The Morgan fingerprint density at radius 3 is 2.40 bits per heavy atom. The minimum Gasteiger partial charge on any atom is -0.457 e. The molecule has 0 fully saturated rings. The summed E-state index contributed by atoms with van der Waals surface area (Å²) in [5, 5.41) is 7.86. The molecule has 1 aliphatic carbocycles. The van der Waals surface area contributed by atoms with E-state index in [1.807, 2.05) is 77.5 Å². The van der Waals surface area contributed by atoms with Gasteiger partial charge < -0.3 is 10.1 Å². The summed E-state index contributed by atoms with van der Waals surface area (Å²) in [6, 6.07) is 26.6. The lowest BCUT2D eigenvalue weighted by Gasteiger charge is -2.12. The lowest BCUT2D eigenvalue weighted by molar-refractivity contribution is 0.102. The number of para-hydroxylation sites is 2. The first-order chi connectivity index (χ1) is 14.8. The van der Waals surface area contributed by atoms with Crippen molar-refractivity contribution in [1.82, 2.24) is 9.78 Å². The van der Waals surface area contributed by atoms with Gasteiger partial charge in [-0.3, -0.25) is 4.79 Å². The van der Waals surface area contributed by atoms with Gasteiger partial charge in [0, 0.05) is 11.1 Å². The Hall–Kier alpha value is -3.86. The Balaban J connectivity index is 1.43. The average molecular weight is 395 g/mol. The number of aromatic nitrogens is 2. The van der Waals surface area contributed by atoms with Crippen molar-refractivity contribution in [3.8, 4) is 17.2 Å². The summed E-state index contributed by atoms with van der Waals surface area (Å²) >= 11 is 0. The van der Waals surface area contributed by atoms with Crippen LogP contribution in [-0.2, 0) is 12.8 Å². The zero-order valence-electron chi connectivity index (χ0n) is 16.4. The summed E-state index contributed by atoms with van der Waals surface area (Å²) in [5.41, 5.74) is 3.67. The van der Waals surface area contributed by atoms with E-state index < -0.39 is 0 Å². The molecule has 0 radical (unpaired) electrons. The second kappa shape index (κ2) is 7.87. The van der Waals surface area contributed by atoms with Crippen LogP contribution >= 0.6 is 0 Å². The van der Waals surface area contributed by atoms with Crippen molar-refractivity contribution in [2.45, 2.75) is 19.3 Å². The van der Waals surface area contributed by atoms with Gasteiger partial charge in [0.05, 0.1) is 11.4 Å². The van der Waals surface area contributed by atoms with Crippen LogP contribution in [0, 0.1) is 0 Å². The van der Waals surface area contributed by atoms with Crippen molar-refractivity contribution in [2.24, 2.45) is 0 Å². The Kier molecular flexibility index (Phi) is 4.77. The summed E-state index contributed by atoms with van der Waals surface area (Å²) < 4.78 is 7.71. The van der Waals surface area contributed by atoms with Crippen molar-refractivity contribution >= 4 is 11.7 Å². The highest BCUT2D eigenvalue weighted by atomic mass is 16.5. The van der Waals surface area contributed by atoms with Gasteiger partial charge in [0.1, 0.15) is 17.3 Å². The number of ether oxygens (including phenoxy) is 1. The molecular weight excluding hydrogens is 374 g/mol. The van der Waals surface area contributed by atoms with Gasteiger partial charge in [0.15, 0.2) is 0 Å². The summed E-state index contributed by atoms with van der Waals surface area (Å²) in [5.74, 6) is 1.93. The number of amides is 1. The van der Waals surface area contributed by atoms with Crippen LogP contribution in [0.4, 0.5) is 5.82 Å². The van der Waals surface area contributed by atoms with Crippen LogP contribution in [0.25, 0.3) is 5.69 Å². The fourth-order valence-electron chi connectivity index (χ4n) is 3.78. The number of fused-ring (bicyclic) bond motifs is 1. The molecular formula is C25H21N3O2. The number of hydrogen-bond donors (Lipinski definition) is 1. The highest BCUT2D eigenvalue weighted by Gasteiger charge is 2.24. The quantitative estimate of drug-likeness (QED) is 0.492. The molecule has 0 aliphatic heterocycles. The number of benzene rings is 3. The van der Waals surface area contributed by atoms with Crippen LogP contribution in [-0.4, -0.2) is 15.7 Å². The number of hydrogen-bond acceptors (Lipinski definition) is 3. The average Bonchev–Trinajstić information content (AvgIpc) is 3.38. The van der Waals surface area contributed by atoms with Crippen molar-refractivity contribution < 1.29 is 9.53 Å². The van der Waals surface area contributed by atoms with Crippen LogP contribution in [0.1, 0.15) is 28.0 Å². The van der Waals surface area contributed by atoms with Crippen LogP contribution in [0.3, 0.4) is 0 Å². The molecule has 1 aromatic heterocycles. The Morgan fingerprint density at radius 1 is 0.867 bits per heavy atom. The number of aryl methyl sites for hydroxylation is 1. The lowest BCUT2D eigenvalue weighted by atomic mass is 10.2. The van der Waals surface area contributed by atoms with Crippen LogP contribution in [0.15, 0.2) is 84.9 Å². The minimum atomic E-state index is -0.180. The molecule has 0 unspecified atom stereocenters. The number of nitrogens with zero attached hydrogens (tertiary/aromatic N) is 2. The van der Waals surface area contributed by atoms with E-state index in [0.717, 1.165) is 47.8 Å². The number of anilines is 1. The third kappa shape index (κ3) is 3.57. The van der Waals surface area contributed by atoms with Gasteiger partial charge in [-0.15, -0.1) is 0 Å². The molecule has 5 nitrogen and oxygen atoms in total. The summed E-state index contributed by atoms with van der Waals surface area (Å²) in [7, 11) is 0. The Morgan fingerprint density at radius 2 is 1.60 bits per heavy atom. The fourth-order valence-corrected chi connectivity index (χ4v) is 3.78. The first kappa shape index (κ1) is 18.2. The van der Waals surface area contributed by atoms with Crippen molar-refractivity contribution in [3.63, 3.8) is 0 Å². The molecule has 0 bridgehead atoms. The van der Waals surface area contributed by atoms with E-state index in [2.05, 4.69) is 5.32 Å². The molecule has 4 aromatic rings. The molecule has 1 N–H and O–H groups in total. The Bertz CT molecular complexity index is 1180.